The Bertz CT molecular complexity index is 658. The van der Waals surface area contributed by atoms with E-state index in [9.17, 15) is 13.2 Å². The molecule has 1 aliphatic rings. The molecule has 0 spiro atoms. The Morgan fingerprint density at radius 1 is 1.08 bits per heavy atom. The van der Waals surface area contributed by atoms with Gasteiger partial charge in [0.1, 0.15) is 0 Å². The number of nitrogens with one attached hydrogen (secondary N) is 1. The quantitative estimate of drug-likeness (QED) is 0.827. The van der Waals surface area contributed by atoms with E-state index in [0.717, 1.165) is 19.1 Å². The van der Waals surface area contributed by atoms with Crippen molar-refractivity contribution < 1.29 is 13.2 Å². The van der Waals surface area contributed by atoms with Crippen molar-refractivity contribution in [2.45, 2.75) is 49.0 Å². The van der Waals surface area contributed by atoms with Crippen molar-refractivity contribution in [1.29, 1.82) is 0 Å². The lowest BCUT2D eigenvalue weighted by molar-refractivity contribution is 0.0869. The van der Waals surface area contributed by atoms with E-state index in [-0.39, 0.29) is 16.3 Å². The summed E-state index contributed by atoms with van der Waals surface area (Å²) in [6.45, 7) is 0.618. The molecule has 24 heavy (non-hydrogen) atoms. The molecular formula is C18H28N2O3S. The first-order chi connectivity index (χ1) is 11.2. The van der Waals surface area contributed by atoms with Crippen molar-refractivity contribution in [2.24, 2.45) is 0 Å². The summed E-state index contributed by atoms with van der Waals surface area (Å²) in [6, 6.07) is 6.11. The third-order valence-electron chi connectivity index (χ3n) is 5.11. The normalized spacial score (nSPS) is 18.2. The minimum Gasteiger partial charge on any atom is -0.350 e. The molecule has 0 saturated heterocycles. The molecule has 1 fully saturated rings. The Kier molecular flexibility index (Phi) is 6.04. The SMILES string of the molecule is CN(C)C1(CNC(=O)c2ccc(S(C)(=O)=O)cc2)CCCCCC1. The number of benzene rings is 1. The molecule has 1 aromatic rings. The van der Waals surface area contributed by atoms with Crippen LogP contribution in [0.4, 0.5) is 0 Å². The molecule has 5 nitrogen and oxygen atoms in total. The summed E-state index contributed by atoms with van der Waals surface area (Å²) in [4.78, 5) is 14.9. The Hall–Kier alpha value is -1.40. The topological polar surface area (TPSA) is 66.5 Å². The summed E-state index contributed by atoms with van der Waals surface area (Å²) in [5.74, 6) is -0.152. The van der Waals surface area contributed by atoms with Gasteiger partial charge in [0.2, 0.25) is 0 Å². The average molecular weight is 353 g/mol. The molecule has 2 rings (SSSR count). The number of likely N-dealkylation sites (N-methyl/N-ethyl adjacent to an activating group) is 1. The Morgan fingerprint density at radius 2 is 1.62 bits per heavy atom. The monoisotopic (exact) mass is 352 g/mol. The van der Waals surface area contributed by atoms with Crippen molar-refractivity contribution in [3.8, 4) is 0 Å². The molecule has 0 aromatic heterocycles. The van der Waals surface area contributed by atoms with Gasteiger partial charge in [0.15, 0.2) is 9.84 Å². The van der Waals surface area contributed by atoms with Crippen LogP contribution in [0.1, 0.15) is 48.9 Å². The zero-order valence-corrected chi connectivity index (χ0v) is 15.7. The Morgan fingerprint density at radius 3 is 2.08 bits per heavy atom. The van der Waals surface area contributed by atoms with Gasteiger partial charge in [-0.3, -0.25) is 4.79 Å². The highest BCUT2D eigenvalue weighted by Crippen LogP contribution is 2.30. The van der Waals surface area contributed by atoms with Gasteiger partial charge in [-0.15, -0.1) is 0 Å². The fourth-order valence-electron chi connectivity index (χ4n) is 3.37. The number of carbonyl (C=O) groups is 1. The highest BCUT2D eigenvalue weighted by molar-refractivity contribution is 7.90. The van der Waals surface area contributed by atoms with Gasteiger partial charge in [-0.25, -0.2) is 8.42 Å². The maximum Gasteiger partial charge on any atom is 0.251 e. The summed E-state index contributed by atoms with van der Waals surface area (Å²) >= 11 is 0. The highest BCUT2D eigenvalue weighted by atomic mass is 32.2. The summed E-state index contributed by atoms with van der Waals surface area (Å²) in [6.07, 6.45) is 8.25. The molecule has 0 bridgehead atoms. The highest BCUT2D eigenvalue weighted by Gasteiger charge is 2.33. The number of nitrogens with zero attached hydrogens (tertiary/aromatic N) is 1. The van der Waals surface area contributed by atoms with Crippen LogP contribution in [-0.4, -0.2) is 51.7 Å². The number of hydrogen-bond acceptors (Lipinski definition) is 4. The van der Waals surface area contributed by atoms with Crippen molar-refractivity contribution in [2.75, 3.05) is 26.9 Å². The number of hydrogen-bond donors (Lipinski definition) is 1. The lowest BCUT2D eigenvalue weighted by atomic mass is 9.88. The van der Waals surface area contributed by atoms with Gasteiger partial charge >= 0.3 is 0 Å². The van der Waals surface area contributed by atoms with E-state index in [4.69, 9.17) is 0 Å². The van der Waals surface area contributed by atoms with Crippen LogP contribution in [0.2, 0.25) is 0 Å². The predicted molar refractivity (Wildman–Crippen MR) is 96.0 cm³/mol. The van der Waals surface area contributed by atoms with Gasteiger partial charge < -0.3 is 10.2 Å². The second-order valence-electron chi connectivity index (χ2n) is 7.01. The largest absolute Gasteiger partial charge is 0.350 e. The number of sulfone groups is 1. The van der Waals surface area contributed by atoms with Crippen LogP contribution in [0.3, 0.4) is 0 Å². The molecule has 0 heterocycles. The second kappa shape index (κ2) is 7.66. The van der Waals surface area contributed by atoms with E-state index in [1.54, 1.807) is 12.1 Å². The van der Waals surface area contributed by atoms with Crippen LogP contribution in [0, 0.1) is 0 Å². The van der Waals surface area contributed by atoms with Gasteiger partial charge in [-0.05, 0) is 51.2 Å². The number of rotatable bonds is 5. The molecular weight excluding hydrogens is 324 g/mol. The standard InChI is InChI=1S/C18H28N2O3S/c1-20(2)18(12-6-4-5-7-13-18)14-19-17(21)15-8-10-16(11-9-15)24(3,22)23/h8-11H,4-7,12-14H2,1-3H3,(H,19,21). The molecule has 134 valence electrons. The summed E-state index contributed by atoms with van der Waals surface area (Å²) in [5.41, 5.74) is 0.503. The van der Waals surface area contributed by atoms with Crippen LogP contribution in [-0.2, 0) is 9.84 Å². The lowest BCUT2D eigenvalue weighted by Crippen LogP contribution is -2.52. The molecule has 0 atom stereocenters. The molecule has 1 aliphatic carbocycles. The van der Waals surface area contributed by atoms with E-state index >= 15 is 0 Å². The van der Waals surface area contributed by atoms with E-state index in [1.165, 1.54) is 37.8 Å². The van der Waals surface area contributed by atoms with Gasteiger partial charge in [0.25, 0.3) is 5.91 Å². The summed E-state index contributed by atoms with van der Waals surface area (Å²) < 4.78 is 23.0. The Balaban J connectivity index is 2.05. The zero-order valence-electron chi connectivity index (χ0n) is 14.8. The molecule has 0 aliphatic heterocycles. The van der Waals surface area contributed by atoms with Crippen LogP contribution in [0.5, 0.6) is 0 Å². The molecule has 1 aromatic carbocycles. The fourth-order valence-corrected chi connectivity index (χ4v) is 4.00. The van der Waals surface area contributed by atoms with E-state index < -0.39 is 9.84 Å². The third kappa shape index (κ3) is 4.57. The van der Waals surface area contributed by atoms with Crippen molar-refractivity contribution in [1.82, 2.24) is 10.2 Å². The Labute approximate surface area is 145 Å². The average Bonchev–Trinajstić information content (AvgIpc) is 2.78. The van der Waals surface area contributed by atoms with E-state index in [1.807, 2.05) is 0 Å². The predicted octanol–water partition coefficient (Wildman–Crippen LogP) is 2.47. The summed E-state index contributed by atoms with van der Waals surface area (Å²) in [7, 11) is 0.925. The maximum atomic E-state index is 12.4. The first-order valence-electron chi connectivity index (χ1n) is 8.50. The minimum absolute atomic E-state index is 0.0128. The third-order valence-corrected chi connectivity index (χ3v) is 6.23. The molecule has 0 unspecified atom stereocenters. The fraction of sp³-hybridized carbons (Fsp3) is 0.611. The molecule has 0 radical (unpaired) electrons. The van der Waals surface area contributed by atoms with Gasteiger partial charge in [0.05, 0.1) is 4.90 Å². The smallest absolute Gasteiger partial charge is 0.251 e. The van der Waals surface area contributed by atoms with Crippen LogP contribution < -0.4 is 5.32 Å². The van der Waals surface area contributed by atoms with Crippen molar-refractivity contribution >= 4 is 15.7 Å². The van der Waals surface area contributed by atoms with Gasteiger partial charge in [-0.1, -0.05) is 25.7 Å². The van der Waals surface area contributed by atoms with Gasteiger partial charge in [0, 0.05) is 23.9 Å². The van der Waals surface area contributed by atoms with Gasteiger partial charge in [-0.2, -0.15) is 0 Å². The zero-order chi connectivity index (χ0) is 17.8. The number of amides is 1. The minimum atomic E-state index is -3.24. The van der Waals surface area contributed by atoms with Crippen LogP contribution in [0.25, 0.3) is 0 Å². The molecule has 6 heteroatoms. The molecule has 1 saturated carbocycles. The summed E-state index contributed by atoms with van der Waals surface area (Å²) in [5, 5.41) is 3.05. The van der Waals surface area contributed by atoms with Crippen LogP contribution >= 0.6 is 0 Å². The first kappa shape index (κ1) is 18.9. The van der Waals surface area contributed by atoms with E-state index in [2.05, 4.69) is 24.3 Å². The second-order valence-corrected chi connectivity index (χ2v) is 9.03. The lowest BCUT2D eigenvalue weighted by Gasteiger charge is -2.39. The van der Waals surface area contributed by atoms with Crippen molar-refractivity contribution in [3.05, 3.63) is 29.8 Å². The van der Waals surface area contributed by atoms with Crippen molar-refractivity contribution in [3.63, 3.8) is 0 Å². The maximum absolute atomic E-state index is 12.4. The number of carbonyl (C=O) groups excluding carboxylic acids is 1. The molecule has 1 N–H and O–H groups in total. The van der Waals surface area contributed by atoms with Crippen LogP contribution in [0.15, 0.2) is 29.2 Å². The first-order valence-corrected chi connectivity index (χ1v) is 10.4. The van der Waals surface area contributed by atoms with E-state index in [0.29, 0.717) is 12.1 Å². The molecule has 1 amide bonds.